The zero-order chi connectivity index (χ0) is 21.8. The van der Waals surface area contributed by atoms with Gasteiger partial charge in [0.05, 0.1) is 23.2 Å². The number of aryl methyl sites for hydroxylation is 1. The maximum Gasteiger partial charge on any atom is 0.271 e. The molecule has 0 radical (unpaired) electrons. The summed E-state index contributed by atoms with van der Waals surface area (Å²) in [7, 11) is -4.03. The number of benzene rings is 2. The number of hydrogen-bond donors (Lipinski definition) is 0. The Labute approximate surface area is 174 Å². The first-order valence-electron chi connectivity index (χ1n) is 8.11. The molecule has 0 atom stereocenters. The number of fused-ring (bicyclic) bond motifs is 1. The molecule has 0 spiro atoms. The van der Waals surface area contributed by atoms with Crippen molar-refractivity contribution in [3.05, 3.63) is 65.8 Å². The van der Waals surface area contributed by atoms with Crippen LogP contribution in [0, 0.1) is 0 Å². The molecule has 0 N–H and O–H groups in total. The van der Waals surface area contributed by atoms with Crippen LogP contribution >= 0.6 is 11.6 Å². The molecule has 0 aliphatic heterocycles. The second-order valence-electron chi connectivity index (χ2n) is 5.82. The van der Waals surface area contributed by atoms with Crippen molar-refractivity contribution in [2.24, 2.45) is 7.05 Å². The molecule has 8 nitrogen and oxygen atoms in total. The van der Waals surface area contributed by atoms with Crippen LogP contribution < -0.4 is 8.87 Å². The first-order chi connectivity index (χ1) is 13.5. The molecular formula is C18H19ClN2O6S2. The third-order valence-corrected chi connectivity index (χ3v) is 6.73. The van der Waals surface area contributed by atoms with Gasteiger partial charge in [-0.25, -0.2) is 16.8 Å². The van der Waals surface area contributed by atoms with E-state index in [1.54, 1.807) is 42.1 Å². The van der Waals surface area contributed by atoms with E-state index in [0.717, 1.165) is 12.6 Å². The van der Waals surface area contributed by atoms with Crippen molar-refractivity contribution in [1.29, 1.82) is 0 Å². The summed E-state index contributed by atoms with van der Waals surface area (Å²) in [5, 5.41) is 0.945. The van der Waals surface area contributed by atoms with Gasteiger partial charge in [-0.1, -0.05) is 41.9 Å². The predicted octanol–water partition coefficient (Wildman–Crippen LogP) is 2.24. The third kappa shape index (κ3) is 5.43. The van der Waals surface area contributed by atoms with Gasteiger partial charge in [0, 0.05) is 13.1 Å². The van der Waals surface area contributed by atoms with E-state index in [1.165, 1.54) is 11.4 Å². The highest BCUT2D eigenvalue weighted by molar-refractivity contribution is 7.93. The number of halogens is 1. The average Bonchev–Trinajstić information content (AvgIpc) is 2.70. The molecule has 0 aliphatic carbocycles. The lowest BCUT2D eigenvalue weighted by Crippen LogP contribution is -2.33. The van der Waals surface area contributed by atoms with Gasteiger partial charge in [-0.3, -0.25) is 8.49 Å². The maximum atomic E-state index is 13.0. The Hall–Kier alpha value is -2.24. The summed E-state index contributed by atoms with van der Waals surface area (Å²) in [5.41, 5.74) is 1.46. The zero-order valence-corrected chi connectivity index (χ0v) is 18.2. The molecule has 1 aromatic heterocycles. The molecule has 0 bridgehead atoms. The highest BCUT2D eigenvalue weighted by Crippen LogP contribution is 2.31. The Kier molecular flexibility index (Phi) is 7.20. The lowest BCUT2D eigenvalue weighted by molar-refractivity contribution is -0.646. The average molecular weight is 459 g/mol. The van der Waals surface area contributed by atoms with Gasteiger partial charge in [-0.15, -0.1) is 0 Å². The van der Waals surface area contributed by atoms with E-state index >= 15 is 0 Å². The third-order valence-electron chi connectivity index (χ3n) is 4.01. The van der Waals surface area contributed by atoms with Gasteiger partial charge in [-0.05, 0) is 18.2 Å². The Balaban J connectivity index is 0.000000438. The topological polar surface area (TPSA) is 108 Å². The molecule has 1 heterocycles. The fourth-order valence-corrected chi connectivity index (χ4v) is 4.33. The number of para-hydroxylation sites is 2. The number of rotatable bonds is 4. The lowest BCUT2D eigenvalue weighted by atomic mass is 10.2. The molecule has 0 fully saturated rings. The highest BCUT2D eigenvalue weighted by atomic mass is 35.5. The van der Waals surface area contributed by atoms with E-state index in [1.807, 2.05) is 30.3 Å². The first kappa shape index (κ1) is 23.0. The monoisotopic (exact) mass is 458 g/mol. The summed E-state index contributed by atoms with van der Waals surface area (Å²) in [6, 6.07) is 16.4. The van der Waals surface area contributed by atoms with Crippen molar-refractivity contribution >= 4 is 48.6 Å². The molecule has 3 aromatic rings. The van der Waals surface area contributed by atoms with Crippen molar-refractivity contribution in [3.8, 4) is 0 Å². The quantitative estimate of drug-likeness (QED) is 0.337. The van der Waals surface area contributed by atoms with Crippen molar-refractivity contribution in [2.75, 3.05) is 18.5 Å². The number of aromatic nitrogens is 1. The van der Waals surface area contributed by atoms with Crippen LogP contribution in [0.2, 0.25) is 5.02 Å². The molecule has 29 heavy (non-hydrogen) atoms. The van der Waals surface area contributed by atoms with Gasteiger partial charge in [-0.2, -0.15) is 4.57 Å². The maximum absolute atomic E-state index is 13.0. The number of pyridine rings is 1. The molecular weight excluding hydrogens is 440 g/mol. The minimum Gasteiger partial charge on any atom is -0.726 e. The van der Waals surface area contributed by atoms with Crippen molar-refractivity contribution < 1.29 is 30.1 Å². The summed E-state index contributed by atoms with van der Waals surface area (Å²) in [4.78, 5) is 0.0896. The van der Waals surface area contributed by atoms with E-state index in [4.69, 9.17) is 11.6 Å². The van der Waals surface area contributed by atoms with Gasteiger partial charge in [0.2, 0.25) is 15.9 Å². The molecule has 156 valence electrons. The van der Waals surface area contributed by atoms with Crippen LogP contribution in [0.5, 0.6) is 0 Å². The smallest absolute Gasteiger partial charge is 0.271 e. The van der Waals surface area contributed by atoms with Gasteiger partial charge in [0.15, 0.2) is 11.1 Å². The number of sulfonamides is 1. The molecule has 2 aromatic carbocycles. The lowest BCUT2D eigenvalue weighted by Gasteiger charge is -2.19. The standard InChI is InChI=1S/C17H16ClN2O2S.CH4O4S/c1-19-12-16(17(18)14-10-6-7-11-15(14)19)23(21,22)20(2)13-8-4-3-5-9-13;1-5-6(2,3)4/h3-12H,1-2H3;1H3,(H,2,3,4)/q+1;/p-1. The minimum atomic E-state index is -4.41. The van der Waals surface area contributed by atoms with Crippen LogP contribution in [-0.4, -0.2) is 35.5 Å². The van der Waals surface area contributed by atoms with Crippen LogP contribution in [0.15, 0.2) is 65.7 Å². The highest BCUT2D eigenvalue weighted by Gasteiger charge is 2.29. The zero-order valence-electron chi connectivity index (χ0n) is 15.8. The van der Waals surface area contributed by atoms with Crippen molar-refractivity contribution in [3.63, 3.8) is 0 Å². The molecule has 0 saturated carbocycles. The fraction of sp³-hybridized carbons (Fsp3) is 0.167. The summed E-state index contributed by atoms with van der Waals surface area (Å²) in [6.45, 7) is 0. The molecule has 0 unspecified atom stereocenters. The Morgan fingerprint density at radius 2 is 1.52 bits per heavy atom. The second kappa shape index (κ2) is 9.06. The number of hydrogen-bond acceptors (Lipinski definition) is 6. The fourth-order valence-electron chi connectivity index (χ4n) is 2.51. The first-order valence-corrected chi connectivity index (χ1v) is 11.3. The Morgan fingerprint density at radius 3 is 2.07 bits per heavy atom. The molecule has 0 aliphatic rings. The van der Waals surface area contributed by atoms with Crippen LogP contribution in [0.1, 0.15) is 0 Å². The van der Waals surface area contributed by atoms with Crippen LogP contribution in [0.3, 0.4) is 0 Å². The summed E-state index contributed by atoms with van der Waals surface area (Å²) in [6.07, 6.45) is 1.56. The van der Waals surface area contributed by atoms with Gasteiger partial charge in [0.25, 0.3) is 10.0 Å². The Morgan fingerprint density at radius 1 is 1.00 bits per heavy atom. The summed E-state index contributed by atoms with van der Waals surface area (Å²) < 4.78 is 60.0. The number of anilines is 1. The van der Waals surface area contributed by atoms with Crippen molar-refractivity contribution in [2.45, 2.75) is 4.90 Å². The van der Waals surface area contributed by atoms with Crippen LogP contribution in [0.4, 0.5) is 5.69 Å². The largest absolute Gasteiger partial charge is 0.726 e. The molecule has 0 saturated heterocycles. The minimum absolute atomic E-state index is 0.0896. The molecule has 0 amide bonds. The molecule has 11 heteroatoms. The van der Waals surface area contributed by atoms with Crippen LogP contribution in [0.25, 0.3) is 10.9 Å². The van der Waals surface area contributed by atoms with E-state index in [2.05, 4.69) is 4.18 Å². The van der Waals surface area contributed by atoms with Crippen molar-refractivity contribution in [1.82, 2.24) is 0 Å². The SMILES string of the molecule is CN(c1ccccc1)S(=O)(=O)c1c[n+](C)c2ccccc2c1Cl.COS(=O)(=O)[O-]. The van der Waals surface area contributed by atoms with E-state index in [-0.39, 0.29) is 9.92 Å². The van der Waals surface area contributed by atoms with E-state index in [9.17, 15) is 21.4 Å². The second-order valence-corrected chi connectivity index (χ2v) is 9.28. The molecule has 3 rings (SSSR count). The predicted molar refractivity (Wildman–Crippen MR) is 109 cm³/mol. The number of nitrogens with zero attached hydrogens (tertiary/aromatic N) is 2. The van der Waals surface area contributed by atoms with E-state index < -0.39 is 20.4 Å². The Bertz CT molecular complexity index is 1220. The van der Waals surface area contributed by atoms with Gasteiger partial charge < -0.3 is 4.55 Å². The van der Waals surface area contributed by atoms with Gasteiger partial charge in [0.1, 0.15) is 7.05 Å². The summed E-state index contributed by atoms with van der Waals surface area (Å²) in [5.74, 6) is 0. The normalized spacial score (nSPS) is 11.6. The van der Waals surface area contributed by atoms with E-state index in [0.29, 0.717) is 11.1 Å². The van der Waals surface area contributed by atoms with Crippen LogP contribution in [-0.2, 0) is 31.7 Å². The summed E-state index contributed by atoms with van der Waals surface area (Å²) >= 11 is 6.41. The van der Waals surface area contributed by atoms with Gasteiger partial charge >= 0.3 is 0 Å².